The van der Waals surface area contributed by atoms with E-state index in [4.69, 9.17) is 16.4 Å². The van der Waals surface area contributed by atoms with Gasteiger partial charge in [0.05, 0.1) is 17.2 Å². The molecule has 0 aliphatic carbocycles. The number of aryl methyl sites for hydroxylation is 1. The third-order valence-electron chi connectivity index (χ3n) is 3.24. The molecule has 22 heavy (non-hydrogen) atoms. The second kappa shape index (κ2) is 6.06. The van der Waals surface area contributed by atoms with Crippen molar-refractivity contribution >= 4 is 34.7 Å². The van der Waals surface area contributed by atoms with Crippen LogP contribution >= 0.6 is 22.9 Å². The van der Waals surface area contributed by atoms with Gasteiger partial charge >= 0.3 is 0 Å². The van der Waals surface area contributed by atoms with Crippen LogP contribution in [0.5, 0.6) is 0 Å². The van der Waals surface area contributed by atoms with Crippen LogP contribution in [-0.4, -0.2) is 27.7 Å². The minimum Gasteiger partial charge on any atom is -0.381 e. The summed E-state index contributed by atoms with van der Waals surface area (Å²) in [5.74, 6) is 0.312. The molecule has 0 saturated carbocycles. The highest BCUT2D eigenvalue weighted by Crippen LogP contribution is 2.21. The molecule has 1 unspecified atom stereocenters. The second-order valence-corrected chi connectivity index (χ2v) is 6.45. The lowest BCUT2D eigenvalue weighted by atomic mass is 10.1. The van der Waals surface area contributed by atoms with Crippen LogP contribution in [0, 0.1) is 6.92 Å². The van der Waals surface area contributed by atoms with Gasteiger partial charge in [-0.15, -0.1) is 11.3 Å². The van der Waals surface area contributed by atoms with E-state index in [1.807, 2.05) is 24.4 Å². The van der Waals surface area contributed by atoms with Gasteiger partial charge in [-0.3, -0.25) is 9.69 Å². The maximum atomic E-state index is 12.5. The van der Waals surface area contributed by atoms with Crippen LogP contribution in [-0.2, 0) is 16.2 Å². The number of amidine groups is 1. The lowest BCUT2D eigenvalue weighted by Gasteiger charge is -2.29. The number of oxime groups is 1. The summed E-state index contributed by atoms with van der Waals surface area (Å²) in [5, 5.41) is 7.58. The first-order valence-corrected chi connectivity index (χ1v) is 8.02. The summed E-state index contributed by atoms with van der Waals surface area (Å²) in [5.41, 5.74) is 1.57. The fourth-order valence-corrected chi connectivity index (χ4v) is 2.97. The Bertz CT molecular complexity index is 744. The number of carbonyl (C=O) groups is 1. The van der Waals surface area contributed by atoms with Gasteiger partial charge in [-0.1, -0.05) is 28.9 Å². The average Bonchev–Trinajstić information content (AvgIpc) is 2.89. The summed E-state index contributed by atoms with van der Waals surface area (Å²) >= 11 is 7.58. The number of carbonyl (C=O) groups excluding carboxylic acids is 1. The van der Waals surface area contributed by atoms with Crippen LogP contribution in [0.4, 0.5) is 0 Å². The van der Waals surface area contributed by atoms with Gasteiger partial charge in [0.25, 0.3) is 5.91 Å². The van der Waals surface area contributed by atoms with E-state index in [9.17, 15) is 4.79 Å². The number of hydrogen-bond donors (Lipinski definition) is 0. The molecular weight excluding hydrogens is 322 g/mol. The molecule has 114 valence electrons. The summed E-state index contributed by atoms with van der Waals surface area (Å²) < 4.78 is 0. The van der Waals surface area contributed by atoms with Gasteiger partial charge in [-0.05, 0) is 26.0 Å². The number of benzene rings is 1. The Balaban J connectivity index is 1.96. The van der Waals surface area contributed by atoms with E-state index in [2.05, 4.69) is 10.1 Å². The van der Waals surface area contributed by atoms with Gasteiger partial charge in [0.15, 0.2) is 5.84 Å². The summed E-state index contributed by atoms with van der Waals surface area (Å²) in [6, 6.07) is 7.19. The zero-order valence-electron chi connectivity index (χ0n) is 12.1. The van der Waals surface area contributed by atoms with Crippen molar-refractivity contribution in [2.24, 2.45) is 5.16 Å². The Morgan fingerprint density at radius 3 is 2.95 bits per heavy atom. The monoisotopic (exact) mass is 335 g/mol. The number of aromatic nitrogens is 1. The minimum absolute atomic E-state index is 0.143. The molecule has 3 rings (SSSR count). The quantitative estimate of drug-likeness (QED) is 0.865. The zero-order chi connectivity index (χ0) is 15.7. The molecular formula is C15H14ClN3O2S. The first-order chi connectivity index (χ1) is 10.5. The third kappa shape index (κ3) is 2.98. The zero-order valence-corrected chi connectivity index (χ0v) is 13.7. The number of nitrogens with zero attached hydrogens (tertiary/aromatic N) is 3. The van der Waals surface area contributed by atoms with Crippen molar-refractivity contribution in [3.05, 3.63) is 50.9 Å². The molecule has 1 aromatic carbocycles. The van der Waals surface area contributed by atoms with Crippen molar-refractivity contribution in [2.75, 3.05) is 0 Å². The fraction of sp³-hybridized carbons (Fsp3) is 0.267. The minimum atomic E-state index is -0.609. The van der Waals surface area contributed by atoms with Crippen molar-refractivity contribution in [1.29, 1.82) is 0 Å². The first-order valence-electron chi connectivity index (χ1n) is 6.77. The molecule has 5 nitrogen and oxygen atoms in total. The number of thiazole rings is 1. The lowest BCUT2D eigenvalue weighted by molar-refractivity contribution is -0.142. The van der Waals surface area contributed by atoms with Crippen molar-refractivity contribution in [1.82, 2.24) is 9.88 Å². The maximum Gasteiger partial charge on any atom is 0.272 e. The van der Waals surface area contributed by atoms with Crippen LogP contribution in [0.1, 0.15) is 23.2 Å². The molecule has 1 amide bonds. The van der Waals surface area contributed by atoms with E-state index >= 15 is 0 Å². The number of amides is 1. The molecule has 2 aromatic rings. The summed E-state index contributed by atoms with van der Waals surface area (Å²) in [4.78, 5) is 23.7. The maximum absolute atomic E-state index is 12.5. The smallest absolute Gasteiger partial charge is 0.272 e. The van der Waals surface area contributed by atoms with Gasteiger partial charge in [-0.25, -0.2) is 4.98 Å². The molecule has 0 N–H and O–H groups in total. The predicted octanol–water partition coefficient (Wildman–Crippen LogP) is 3.21. The normalized spacial score (nSPS) is 18.1. The van der Waals surface area contributed by atoms with E-state index < -0.39 is 6.10 Å². The molecule has 2 heterocycles. The van der Waals surface area contributed by atoms with Crippen molar-refractivity contribution < 1.29 is 9.63 Å². The number of hydrogen-bond acceptors (Lipinski definition) is 5. The third-order valence-corrected chi connectivity index (χ3v) is 4.29. The SMILES string of the molecule is Cc1nc(CN2C(=O)C(C)ON=C2c2cccc(Cl)c2)cs1. The van der Waals surface area contributed by atoms with Gasteiger partial charge in [-0.2, -0.15) is 0 Å². The Morgan fingerprint density at radius 2 is 2.27 bits per heavy atom. The van der Waals surface area contributed by atoms with Crippen LogP contribution < -0.4 is 0 Å². The fourth-order valence-electron chi connectivity index (χ4n) is 2.18. The largest absolute Gasteiger partial charge is 0.381 e. The van der Waals surface area contributed by atoms with E-state index in [0.717, 1.165) is 16.3 Å². The number of halogens is 1. The van der Waals surface area contributed by atoms with E-state index in [-0.39, 0.29) is 5.91 Å². The second-order valence-electron chi connectivity index (χ2n) is 4.96. The van der Waals surface area contributed by atoms with Gasteiger partial charge in [0, 0.05) is 16.0 Å². The molecule has 1 aromatic heterocycles. The molecule has 0 bridgehead atoms. The summed E-state index contributed by atoms with van der Waals surface area (Å²) in [6.07, 6.45) is -0.609. The van der Waals surface area contributed by atoms with E-state index in [1.54, 1.807) is 35.3 Å². The average molecular weight is 336 g/mol. The Morgan fingerprint density at radius 1 is 1.45 bits per heavy atom. The Hall–Kier alpha value is -1.92. The van der Waals surface area contributed by atoms with E-state index in [0.29, 0.717) is 17.4 Å². The van der Waals surface area contributed by atoms with Crippen LogP contribution in [0.15, 0.2) is 34.8 Å². The van der Waals surface area contributed by atoms with Gasteiger partial charge < -0.3 is 4.84 Å². The van der Waals surface area contributed by atoms with Crippen LogP contribution in [0.3, 0.4) is 0 Å². The van der Waals surface area contributed by atoms with Crippen LogP contribution in [0.2, 0.25) is 5.02 Å². The summed E-state index contributed by atoms with van der Waals surface area (Å²) in [7, 11) is 0. The molecule has 0 spiro atoms. The topological polar surface area (TPSA) is 54.8 Å². The highest BCUT2D eigenvalue weighted by molar-refractivity contribution is 7.09. The van der Waals surface area contributed by atoms with Crippen molar-refractivity contribution in [3.8, 4) is 0 Å². The molecule has 7 heteroatoms. The van der Waals surface area contributed by atoms with Crippen molar-refractivity contribution in [3.63, 3.8) is 0 Å². The molecule has 0 saturated heterocycles. The van der Waals surface area contributed by atoms with Gasteiger partial charge in [0.2, 0.25) is 6.10 Å². The first kappa shape index (κ1) is 15.0. The molecule has 0 fully saturated rings. The van der Waals surface area contributed by atoms with Crippen molar-refractivity contribution in [2.45, 2.75) is 26.5 Å². The lowest BCUT2D eigenvalue weighted by Crippen LogP contribution is -2.46. The van der Waals surface area contributed by atoms with Gasteiger partial charge in [0.1, 0.15) is 0 Å². The highest BCUT2D eigenvalue weighted by Gasteiger charge is 2.32. The molecule has 1 atom stereocenters. The Kier molecular flexibility index (Phi) is 4.13. The van der Waals surface area contributed by atoms with E-state index in [1.165, 1.54) is 0 Å². The molecule has 1 aliphatic rings. The predicted molar refractivity (Wildman–Crippen MR) is 85.9 cm³/mol. The molecule has 1 aliphatic heterocycles. The standard InChI is InChI=1S/C15H14ClN3O2S/c1-9-15(20)19(7-13-8-22-10(2)17-13)14(18-21-9)11-4-3-5-12(16)6-11/h3-6,8-9H,7H2,1-2H3. The molecule has 0 radical (unpaired) electrons. The Labute approximate surface area is 137 Å². The summed E-state index contributed by atoms with van der Waals surface area (Å²) in [6.45, 7) is 3.98. The number of rotatable bonds is 3. The van der Waals surface area contributed by atoms with Crippen LogP contribution in [0.25, 0.3) is 0 Å². The highest BCUT2D eigenvalue weighted by atomic mass is 35.5.